The molecule has 0 unspecified atom stereocenters. The highest BCUT2D eigenvalue weighted by Crippen LogP contribution is 2.27. The molecule has 0 bridgehead atoms. The van der Waals surface area contributed by atoms with Crippen molar-refractivity contribution in [1.29, 1.82) is 0 Å². The second-order valence-corrected chi connectivity index (χ2v) is 6.55. The topological polar surface area (TPSA) is 48.3 Å². The lowest BCUT2D eigenvalue weighted by Crippen LogP contribution is -2.20. The van der Waals surface area contributed by atoms with Gasteiger partial charge in [-0.05, 0) is 34.9 Å². The van der Waals surface area contributed by atoms with E-state index in [-0.39, 0.29) is 11.5 Å². The molecular formula is C24H19NO3. The molecule has 1 heterocycles. The summed E-state index contributed by atoms with van der Waals surface area (Å²) in [6.07, 6.45) is 0. The van der Waals surface area contributed by atoms with Gasteiger partial charge in [-0.1, -0.05) is 60.7 Å². The van der Waals surface area contributed by atoms with Crippen LogP contribution in [0.5, 0.6) is 0 Å². The molecule has 0 N–H and O–H groups in total. The minimum absolute atomic E-state index is 0.0606. The van der Waals surface area contributed by atoms with Gasteiger partial charge in [0.25, 0.3) is 5.56 Å². The minimum Gasteiger partial charge on any atom is -0.465 e. The summed E-state index contributed by atoms with van der Waals surface area (Å²) in [5, 5.41) is 1.03. The molecule has 0 saturated carbocycles. The first kappa shape index (κ1) is 17.7. The van der Waals surface area contributed by atoms with E-state index in [1.165, 1.54) is 7.11 Å². The van der Waals surface area contributed by atoms with Gasteiger partial charge in [-0.3, -0.25) is 4.79 Å². The molecule has 0 spiro atoms. The lowest BCUT2D eigenvalue weighted by molar-refractivity contribution is 0.0600. The Bertz CT molecular complexity index is 1190. The summed E-state index contributed by atoms with van der Waals surface area (Å²) in [5.74, 6) is -0.374. The molecule has 0 amide bonds. The van der Waals surface area contributed by atoms with Gasteiger partial charge in [0, 0.05) is 11.5 Å². The van der Waals surface area contributed by atoms with Gasteiger partial charge in [0.15, 0.2) is 0 Å². The van der Waals surface area contributed by atoms with Crippen LogP contribution in [-0.2, 0) is 11.3 Å². The van der Waals surface area contributed by atoms with Crippen molar-refractivity contribution in [3.63, 3.8) is 0 Å². The van der Waals surface area contributed by atoms with E-state index in [1.54, 1.807) is 22.8 Å². The number of hydrogen-bond donors (Lipinski definition) is 0. The Balaban J connectivity index is 1.79. The van der Waals surface area contributed by atoms with Crippen LogP contribution >= 0.6 is 0 Å². The normalized spacial score (nSPS) is 10.8. The van der Waals surface area contributed by atoms with Gasteiger partial charge in [0.2, 0.25) is 0 Å². The molecule has 28 heavy (non-hydrogen) atoms. The number of aromatic nitrogens is 1. The van der Waals surface area contributed by atoms with Gasteiger partial charge in [0.05, 0.1) is 24.7 Å². The van der Waals surface area contributed by atoms with E-state index in [4.69, 9.17) is 4.74 Å². The fraction of sp³-hybridized carbons (Fsp3) is 0.0833. The van der Waals surface area contributed by atoms with Crippen molar-refractivity contribution in [2.75, 3.05) is 7.11 Å². The molecule has 0 aliphatic rings. The van der Waals surface area contributed by atoms with E-state index < -0.39 is 0 Å². The Morgan fingerprint density at radius 2 is 1.57 bits per heavy atom. The average molecular weight is 369 g/mol. The average Bonchev–Trinajstić information content (AvgIpc) is 2.76. The number of hydrogen-bond acceptors (Lipinski definition) is 3. The van der Waals surface area contributed by atoms with Crippen LogP contribution in [0.15, 0.2) is 89.7 Å². The predicted octanol–water partition coefficient (Wildman–Crippen LogP) is 4.50. The molecule has 0 radical (unpaired) electrons. The van der Waals surface area contributed by atoms with Gasteiger partial charge in [-0.25, -0.2) is 4.79 Å². The lowest BCUT2D eigenvalue weighted by atomic mass is 10.0. The van der Waals surface area contributed by atoms with Crippen LogP contribution < -0.4 is 5.56 Å². The Morgan fingerprint density at radius 1 is 0.893 bits per heavy atom. The number of benzene rings is 3. The van der Waals surface area contributed by atoms with Crippen LogP contribution in [0.1, 0.15) is 15.9 Å². The zero-order valence-corrected chi connectivity index (χ0v) is 15.5. The largest absolute Gasteiger partial charge is 0.465 e. The van der Waals surface area contributed by atoms with Gasteiger partial charge < -0.3 is 9.30 Å². The standard InChI is InChI=1S/C24H19NO3/c1-28-24(27)19-13-11-17(12-14-19)16-25-22-10-6-5-9-20(22)21(15-23(25)26)18-7-3-2-4-8-18/h2-15H,16H2,1H3. The van der Waals surface area contributed by atoms with Crippen molar-refractivity contribution < 1.29 is 9.53 Å². The second kappa shape index (κ2) is 7.53. The molecule has 0 saturated heterocycles. The number of ether oxygens (including phenoxy) is 1. The number of pyridine rings is 1. The molecule has 3 aromatic carbocycles. The van der Waals surface area contributed by atoms with Crippen molar-refractivity contribution in [3.05, 3.63) is 106 Å². The maximum Gasteiger partial charge on any atom is 0.337 e. The van der Waals surface area contributed by atoms with E-state index in [0.29, 0.717) is 12.1 Å². The maximum atomic E-state index is 12.9. The van der Waals surface area contributed by atoms with Crippen LogP contribution in [-0.4, -0.2) is 17.6 Å². The number of rotatable bonds is 4. The summed E-state index contributed by atoms with van der Waals surface area (Å²) in [6, 6.07) is 26.7. The summed E-state index contributed by atoms with van der Waals surface area (Å²) >= 11 is 0. The highest BCUT2D eigenvalue weighted by Gasteiger charge is 2.11. The lowest BCUT2D eigenvalue weighted by Gasteiger charge is -2.14. The number of esters is 1. The van der Waals surface area contributed by atoms with Crippen molar-refractivity contribution in [2.24, 2.45) is 0 Å². The molecule has 0 aliphatic carbocycles. The van der Waals surface area contributed by atoms with E-state index >= 15 is 0 Å². The highest BCUT2D eigenvalue weighted by atomic mass is 16.5. The SMILES string of the molecule is COC(=O)c1ccc(Cn2c(=O)cc(-c3ccccc3)c3ccccc32)cc1. The van der Waals surface area contributed by atoms with Crippen molar-refractivity contribution in [3.8, 4) is 11.1 Å². The number of carbonyl (C=O) groups is 1. The van der Waals surface area contributed by atoms with Crippen LogP contribution in [0.3, 0.4) is 0 Å². The number of para-hydroxylation sites is 1. The number of carbonyl (C=O) groups excluding carboxylic acids is 1. The first-order valence-electron chi connectivity index (χ1n) is 9.02. The van der Waals surface area contributed by atoms with Gasteiger partial charge in [-0.2, -0.15) is 0 Å². The third-order valence-corrected chi connectivity index (χ3v) is 4.82. The molecule has 4 heteroatoms. The third kappa shape index (κ3) is 3.32. The van der Waals surface area contributed by atoms with Crippen molar-refractivity contribution in [2.45, 2.75) is 6.54 Å². The summed E-state index contributed by atoms with van der Waals surface area (Å²) in [7, 11) is 1.36. The Morgan fingerprint density at radius 3 is 2.29 bits per heavy atom. The molecular weight excluding hydrogens is 350 g/mol. The molecule has 0 fully saturated rings. The Hall–Kier alpha value is -3.66. The summed E-state index contributed by atoms with van der Waals surface area (Å²) in [4.78, 5) is 24.5. The van der Waals surface area contributed by atoms with Crippen LogP contribution in [0, 0.1) is 0 Å². The fourth-order valence-electron chi connectivity index (χ4n) is 3.40. The van der Waals surface area contributed by atoms with E-state index in [0.717, 1.165) is 27.6 Å². The zero-order chi connectivity index (χ0) is 19.5. The van der Waals surface area contributed by atoms with Gasteiger partial charge in [-0.15, -0.1) is 0 Å². The molecule has 138 valence electrons. The van der Waals surface area contributed by atoms with Crippen LogP contribution in [0.4, 0.5) is 0 Å². The maximum absolute atomic E-state index is 12.9. The number of nitrogens with zero attached hydrogens (tertiary/aromatic N) is 1. The minimum atomic E-state index is -0.374. The van der Waals surface area contributed by atoms with Gasteiger partial charge in [0.1, 0.15) is 0 Å². The summed E-state index contributed by atoms with van der Waals surface area (Å²) in [6.45, 7) is 0.426. The number of fused-ring (bicyclic) bond motifs is 1. The molecule has 0 aliphatic heterocycles. The van der Waals surface area contributed by atoms with E-state index in [2.05, 4.69) is 0 Å². The predicted molar refractivity (Wildman–Crippen MR) is 111 cm³/mol. The Kier molecular flexibility index (Phi) is 4.77. The van der Waals surface area contributed by atoms with Crippen molar-refractivity contribution in [1.82, 2.24) is 4.57 Å². The zero-order valence-electron chi connectivity index (χ0n) is 15.5. The molecule has 0 atom stereocenters. The van der Waals surface area contributed by atoms with Crippen LogP contribution in [0.2, 0.25) is 0 Å². The molecule has 4 aromatic rings. The molecule has 4 rings (SSSR count). The first-order chi connectivity index (χ1) is 13.7. The monoisotopic (exact) mass is 369 g/mol. The van der Waals surface area contributed by atoms with Crippen molar-refractivity contribution >= 4 is 16.9 Å². The molecule has 4 nitrogen and oxygen atoms in total. The highest BCUT2D eigenvalue weighted by molar-refractivity contribution is 5.94. The van der Waals surface area contributed by atoms with E-state index in [9.17, 15) is 9.59 Å². The molecule has 1 aromatic heterocycles. The Labute approximate surface area is 162 Å². The fourth-order valence-corrected chi connectivity index (χ4v) is 3.40. The van der Waals surface area contributed by atoms with Crippen LogP contribution in [0.25, 0.3) is 22.0 Å². The van der Waals surface area contributed by atoms with Gasteiger partial charge >= 0.3 is 5.97 Å². The number of methoxy groups -OCH3 is 1. The second-order valence-electron chi connectivity index (χ2n) is 6.55. The quantitative estimate of drug-likeness (QED) is 0.498. The third-order valence-electron chi connectivity index (χ3n) is 4.82. The smallest absolute Gasteiger partial charge is 0.337 e. The summed E-state index contributed by atoms with van der Waals surface area (Å²) < 4.78 is 6.49. The summed E-state index contributed by atoms with van der Waals surface area (Å²) in [5.41, 5.74) is 4.19. The van der Waals surface area contributed by atoms with E-state index in [1.807, 2.05) is 66.7 Å². The first-order valence-corrected chi connectivity index (χ1v) is 9.02.